The van der Waals surface area contributed by atoms with Crippen molar-refractivity contribution in [2.75, 3.05) is 13.1 Å². The number of aromatic hydroxyl groups is 1. The summed E-state index contributed by atoms with van der Waals surface area (Å²) >= 11 is 5.03. The Kier molecular flexibility index (Phi) is 8.29. The lowest BCUT2D eigenvalue weighted by atomic mass is 9.78. The van der Waals surface area contributed by atoms with Gasteiger partial charge in [0.2, 0.25) is 0 Å². The first-order valence-electron chi connectivity index (χ1n) is 12.1. The zero-order valence-corrected chi connectivity index (χ0v) is 23.9. The third-order valence-electron chi connectivity index (χ3n) is 6.69. The van der Waals surface area contributed by atoms with Crippen LogP contribution >= 0.6 is 27.5 Å². The van der Waals surface area contributed by atoms with Crippen molar-refractivity contribution in [1.82, 2.24) is 9.88 Å². The van der Waals surface area contributed by atoms with Gasteiger partial charge in [-0.25, -0.2) is 4.98 Å². The van der Waals surface area contributed by atoms with Crippen molar-refractivity contribution in [2.24, 2.45) is 15.9 Å². The highest BCUT2D eigenvalue weighted by atomic mass is 79.9. The Balaban J connectivity index is 1.92. The molecule has 3 rings (SSSR count). The van der Waals surface area contributed by atoms with E-state index in [-0.39, 0.29) is 29.1 Å². The van der Waals surface area contributed by atoms with Crippen LogP contribution in [0.25, 0.3) is 0 Å². The number of Topliss-reactive ketones (excluding diaryl/α,β-unsaturated/α-hetero) is 1. The second-order valence-corrected chi connectivity index (χ2v) is 12.8. The molecule has 5 nitrogen and oxygen atoms in total. The highest BCUT2D eigenvalue weighted by Crippen LogP contribution is 2.40. The number of carbonyl (C=O) groups excluding carboxylic acids is 1. The number of hydrogen-bond acceptors (Lipinski definition) is 5. The minimum Gasteiger partial charge on any atom is -0.507 e. The Morgan fingerprint density at radius 1 is 1.21 bits per heavy atom. The molecule has 1 saturated heterocycles. The summed E-state index contributed by atoms with van der Waals surface area (Å²) in [5.41, 5.74) is 1.72. The average molecular weight is 549 g/mol. The summed E-state index contributed by atoms with van der Waals surface area (Å²) in [6.45, 7) is 15.7. The van der Waals surface area contributed by atoms with Gasteiger partial charge in [-0.15, -0.1) is 11.3 Å². The maximum atomic E-state index is 13.6. The quantitative estimate of drug-likeness (QED) is 0.381. The van der Waals surface area contributed by atoms with E-state index in [9.17, 15) is 9.90 Å². The van der Waals surface area contributed by atoms with Gasteiger partial charge in [0.05, 0.1) is 27.7 Å². The molecule has 0 bridgehead atoms. The van der Waals surface area contributed by atoms with Crippen LogP contribution in [0.4, 0.5) is 0 Å². The van der Waals surface area contributed by atoms with Crippen LogP contribution < -0.4 is 0 Å². The number of benzene rings is 1. The standard InChI is InChI=1S/C27H38BrN3O2S/c1-8-9-17-15-31(25(30-28)19(17)14-23-29-10-11-34-23)16-22(32)18-12-20(26(2,3)4)24(33)21(13-18)27(5,6)7/h10-13,17,19,33H,8-9,14-16H2,1-7H3/b30-25-/t17-,19+/m0/s1. The van der Waals surface area contributed by atoms with Crippen molar-refractivity contribution in [3.8, 4) is 5.75 Å². The SMILES string of the molecule is CCC[C@H]1CN(CC(=O)c2cc(C(C)(C)C)c(O)c(C(C)(C)C)c2)/C(=N\Br)[C@@H]1Cc1nccs1. The minimum atomic E-state index is -0.276. The summed E-state index contributed by atoms with van der Waals surface area (Å²) in [4.78, 5) is 20.2. The monoisotopic (exact) mass is 547 g/mol. The lowest BCUT2D eigenvalue weighted by molar-refractivity contribution is 0.0963. The molecule has 0 spiro atoms. The van der Waals surface area contributed by atoms with E-state index < -0.39 is 0 Å². The molecule has 2 aromatic rings. The van der Waals surface area contributed by atoms with Gasteiger partial charge >= 0.3 is 0 Å². The number of ketones is 1. The van der Waals surface area contributed by atoms with Crippen LogP contribution in [0.2, 0.25) is 0 Å². The van der Waals surface area contributed by atoms with Crippen LogP contribution in [-0.2, 0) is 17.3 Å². The summed E-state index contributed by atoms with van der Waals surface area (Å²) in [6.07, 6.45) is 4.88. The van der Waals surface area contributed by atoms with Crippen LogP contribution in [0, 0.1) is 11.8 Å². The number of thiazole rings is 1. The fraction of sp³-hybridized carbons (Fsp3) is 0.593. The van der Waals surface area contributed by atoms with Gasteiger partial charge in [-0.1, -0.05) is 54.9 Å². The number of phenolic OH excluding ortho intramolecular Hbond substituents is 1. The summed E-state index contributed by atoms with van der Waals surface area (Å²) < 4.78 is 4.48. The molecule has 7 heteroatoms. The Bertz CT molecular complexity index is 1000. The molecule has 0 saturated carbocycles. The maximum absolute atomic E-state index is 13.6. The lowest BCUT2D eigenvalue weighted by Gasteiger charge is -2.28. The Hall–Kier alpha value is -1.73. The molecule has 1 N–H and O–H groups in total. The van der Waals surface area contributed by atoms with Gasteiger partial charge in [-0.2, -0.15) is 4.02 Å². The summed E-state index contributed by atoms with van der Waals surface area (Å²) in [7, 11) is 0. The fourth-order valence-electron chi connectivity index (χ4n) is 4.88. The van der Waals surface area contributed by atoms with Crippen molar-refractivity contribution in [1.29, 1.82) is 0 Å². The van der Waals surface area contributed by atoms with E-state index in [1.807, 2.05) is 23.7 Å². The van der Waals surface area contributed by atoms with Crippen molar-refractivity contribution in [3.05, 3.63) is 45.4 Å². The van der Waals surface area contributed by atoms with Crippen molar-refractivity contribution >= 4 is 39.1 Å². The number of carbonyl (C=O) groups is 1. The molecular weight excluding hydrogens is 510 g/mol. The van der Waals surface area contributed by atoms with E-state index in [4.69, 9.17) is 0 Å². The molecule has 2 atom stereocenters. The molecule has 2 heterocycles. The molecule has 1 fully saturated rings. The van der Waals surface area contributed by atoms with Crippen molar-refractivity contribution in [3.63, 3.8) is 0 Å². The Morgan fingerprint density at radius 2 is 1.82 bits per heavy atom. The topological polar surface area (TPSA) is 65.8 Å². The van der Waals surface area contributed by atoms with E-state index in [0.29, 0.717) is 17.2 Å². The number of aromatic nitrogens is 1. The third kappa shape index (κ3) is 5.91. The average Bonchev–Trinajstić information content (AvgIpc) is 3.35. The second-order valence-electron chi connectivity index (χ2n) is 11.5. The first-order chi connectivity index (χ1) is 15.9. The number of nitrogens with zero attached hydrogens (tertiary/aromatic N) is 3. The van der Waals surface area contributed by atoms with E-state index >= 15 is 0 Å². The lowest BCUT2D eigenvalue weighted by Crippen LogP contribution is -2.33. The van der Waals surface area contributed by atoms with Crippen molar-refractivity contribution < 1.29 is 9.90 Å². The van der Waals surface area contributed by atoms with E-state index in [0.717, 1.165) is 47.8 Å². The predicted octanol–water partition coefficient (Wildman–Crippen LogP) is 6.93. The molecule has 1 aliphatic rings. The molecule has 1 aromatic heterocycles. The Morgan fingerprint density at radius 3 is 2.29 bits per heavy atom. The van der Waals surface area contributed by atoms with E-state index in [1.54, 1.807) is 11.3 Å². The van der Waals surface area contributed by atoms with Crippen molar-refractivity contribution in [2.45, 2.75) is 78.6 Å². The predicted molar refractivity (Wildman–Crippen MR) is 145 cm³/mol. The number of amidine groups is 1. The van der Waals surface area contributed by atoms with Crippen LogP contribution in [0.1, 0.15) is 87.8 Å². The number of hydrogen-bond donors (Lipinski definition) is 1. The smallest absolute Gasteiger partial charge is 0.182 e. The molecule has 0 radical (unpaired) electrons. The molecule has 1 aliphatic heterocycles. The van der Waals surface area contributed by atoms with Crippen LogP contribution in [0.5, 0.6) is 5.75 Å². The van der Waals surface area contributed by atoms with Gasteiger partial charge in [-0.3, -0.25) is 4.79 Å². The summed E-state index contributed by atoms with van der Waals surface area (Å²) in [5, 5.41) is 14.1. The molecule has 0 aliphatic carbocycles. The fourth-order valence-corrected chi connectivity index (χ4v) is 6.04. The third-order valence-corrected chi connectivity index (χ3v) is 7.85. The highest BCUT2D eigenvalue weighted by Gasteiger charge is 2.39. The van der Waals surface area contributed by atoms with Gasteiger partial charge in [-0.05, 0) is 35.3 Å². The van der Waals surface area contributed by atoms with Crippen LogP contribution in [0.15, 0.2) is 27.7 Å². The number of rotatable bonds is 7. The first-order valence-corrected chi connectivity index (χ1v) is 13.7. The second kappa shape index (κ2) is 10.5. The van der Waals surface area contributed by atoms with Gasteiger partial charge in [0.1, 0.15) is 11.6 Å². The molecule has 1 aromatic carbocycles. The highest BCUT2D eigenvalue weighted by molar-refractivity contribution is 9.08. The number of halogens is 1. The van der Waals surface area contributed by atoms with E-state index in [2.05, 4.69) is 78.5 Å². The normalized spacial score (nSPS) is 20.4. The zero-order chi connectivity index (χ0) is 25.3. The summed E-state index contributed by atoms with van der Waals surface area (Å²) in [6, 6.07) is 3.76. The molecule has 186 valence electrons. The first kappa shape index (κ1) is 26.9. The number of likely N-dealkylation sites (tertiary alicyclic amines) is 1. The largest absolute Gasteiger partial charge is 0.507 e. The van der Waals surface area contributed by atoms with Gasteiger partial charge in [0.25, 0.3) is 0 Å². The Labute approximate surface area is 217 Å². The van der Waals surface area contributed by atoms with Gasteiger partial charge in [0, 0.05) is 47.2 Å². The zero-order valence-electron chi connectivity index (χ0n) is 21.5. The molecule has 34 heavy (non-hydrogen) atoms. The number of phenols is 1. The van der Waals surface area contributed by atoms with E-state index in [1.165, 1.54) is 0 Å². The summed E-state index contributed by atoms with van der Waals surface area (Å²) in [5.74, 6) is 1.97. The molecular formula is C27H38BrN3O2S. The van der Waals surface area contributed by atoms with Crippen LogP contribution in [-0.4, -0.2) is 39.7 Å². The molecule has 0 amide bonds. The molecule has 0 unspecified atom stereocenters. The van der Waals surface area contributed by atoms with Gasteiger partial charge < -0.3 is 10.0 Å². The van der Waals surface area contributed by atoms with Gasteiger partial charge in [0.15, 0.2) is 5.78 Å². The van der Waals surface area contributed by atoms with Crippen LogP contribution in [0.3, 0.4) is 0 Å². The maximum Gasteiger partial charge on any atom is 0.182 e. The minimum absolute atomic E-state index is 0.0507.